The second-order valence-corrected chi connectivity index (χ2v) is 6.56. The molecule has 5 heteroatoms. The number of likely N-dealkylation sites (N-methyl/N-ethyl adjacent to an activating group) is 1. The molecule has 0 spiro atoms. The Labute approximate surface area is 164 Å². The normalized spacial score (nSPS) is 13.3. The van der Waals surface area contributed by atoms with Gasteiger partial charge in [0.2, 0.25) is 0 Å². The first kappa shape index (κ1) is 19.6. The van der Waals surface area contributed by atoms with E-state index >= 15 is 0 Å². The number of aliphatic hydroxyl groups excluding tert-OH is 1. The van der Waals surface area contributed by atoms with Crippen LogP contribution < -0.4 is 0 Å². The molecular formula is C23H24FN3O. The summed E-state index contributed by atoms with van der Waals surface area (Å²) in [6.07, 6.45) is 12.8. The molecule has 0 aliphatic carbocycles. The summed E-state index contributed by atoms with van der Waals surface area (Å²) < 4.78 is 14.9. The maximum absolute atomic E-state index is 13.1. The Hall–Kier alpha value is -3.18. The van der Waals surface area contributed by atoms with Gasteiger partial charge in [0.15, 0.2) is 0 Å². The number of aliphatic hydroxyl groups is 1. The van der Waals surface area contributed by atoms with E-state index in [4.69, 9.17) is 0 Å². The number of rotatable bonds is 7. The Morgan fingerprint density at radius 2 is 1.86 bits per heavy atom. The maximum atomic E-state index is 13.1. The number of halogens is 1. The van der Waals surface area contributed by atoms with E-state index in [-0.39, 0.29) is 5.82 Å². The lowest BCUT2D eigenvalue weighted by molar-refractivity contribution is 0.145. The minimum atomic E-state index is -0.618. The quantitative estimate of drug-likeness (QED) is 0.603. The van der Waals surface area contributed by atoms with Crippen LogP contribution in [0.4, 0.5) is 4.39 Å². The van der Waals surface area contributed by atoms with Gasteiger partial charge in [0.25, 0.3) is 0 Å². The van der Waals surface area contributed by atoms with Gasteiger partial charge < -0.3 is 10.0 Å². The Morgan fingerprint density at radius 1 is 1.11 bits per heavy atom. The Kier molecular flexibility index (Phi) is 6.40. The SMILES string of the molecule is C\C=C/C=C\C=C\N(C)CC(O)c1ccc2c(cnn2-c2ccc(F)cc2)c1. The first-order valence-electron chi connectivity index (χ1n) is 9.16. The van der Waals surface area contributed by atoms with Gasteiger partial charge in [-0.3, -0.25) is 0 Å². The lowest BCUT2D eigenvalue weighted by Gasteiger charge is -2.19. The van der Waals surface area contributed by atoms with Gasteiger partial charge in [-0.2, -0.15) is 5.10 Å². The van der Waals surface area contributed by atoms with Crippen molar-refractivity contribution in [1.82, 2.24) is 14.7 Å². The second kappa shape index (κ2) is 9.15. The lowest BCUT2D eigenvalue weighted by Crippen LogP contribution is -2.19. The largest absolute Gasteiger partial charge is 0.387 e. The molecule has 0 aliphatic heterocycles. The summed E-state index contributed by atoms with van der Waals surface area (Å²) in [4.78, 5) is 1.94. The van der Waals surface area contributed by atoms with Gasteiger partial charge in [-0.1, -0.05) is 30.4 Å². The highest BCUT2D eigenvalue weighted by molar-refractivity contribution is 5.81. The molecule has 1 atom stereocenters. The number of aromatic nitrogens is 2. The van der Waals surface area contributed by atoms with Crippen molar-refractivity contribution in [3.8, 4) is 5.69 Å². The van der Waals surface area contributed by atoms with Gasteiger partial charge in [-0.05, 0) is 61.2 Å². The van der Waals surface area contributed by atoms with Crippen LogP contribution in [-0.2, 0) is 0 Å². The topological polar surface area (TPSA) is 41.3 Å². The maximum Gasteiger partial charge on any atom is 0.123 e. The number of fused-ring (bicyclic) bond motifs is 1. The fraction of sp³-hybridized carbons (Fsp3) is 0.174. The van der Waals surface area contributed by atoms with Crippen LogP contribution in [-0.4, -0.2) is 33.4 Å². The monoisotopic (exact) mass is 377 g/mol. The van der Waals surface area contributed by atoms with Crippen molar-refractivity contribution >= 4 is 10.9 Å². The number of hydrogen-bond acceptors (Lipinski definition) is 3. The lowest BCUT2D eigenvalue weighted by atomic mass is 10.1. The van der Waals surface area contributed by atoms with Crippen molar-refractivity contribution in [2.45, 2.75) is 13.0 Å². The van der Waals surface area contributed by atoms with Crippen LogP contribution in [0, 0.1) is 5.82 Å². The van der Waals surface area contributed by atoms with E-state index in [1.54, 1.807) is 23.0 Å². The first-order valence-corrected chi connectivity index (χ1v) is 9.16. The van der Waals surface area contributed by atoms with Crippen LogP contribution in [0.5, 0.6) is 0 Å². The van der Waals surface area contributed by atoms with Crippen molar-refractivity contribution < 1.29 is 9.50 Å². The molecule has 3 rings (SSSR count). The molecule has 28 heavy (non-hydrogen) atoms. The van der Waals surface area contributed by atoms with Crippen molar-refractivity contribution in [3.63, 3.8) is 0 Å². The third kappa shape index (κ3) is 4.75. The van der Waals surface area contributed by atoms with Gasteiger partial charge in [-0.25, -0.2) is 9.07 Å². The third-order valence-electron chi connectivity index (χ3n) is 4.38. The van der Waals surface area contributed by atoms with Gasteiger partial charge in [0.1, 0.15) is 5.82 Å². The number of nitrogens with zero attached hydrogens (tertiary/aromatic N) is 3. The van der Waals surface area contributed by atoms with Crippen molar-refractivity contribution in [2.24, 2.45) is 0 Å². The summed E-state index contributed by atoms with van der Waals surface area (Å²) in [7, 11) is 1.92. The molecule has 1 N–H and O–H groups in total. The summed E-state index contributed by atoms with van der Waals surface area (Å²) >= 11 is 0. The predicted molar refractivity (Wildman–Crippen MR) is 112 cm³/mol. The standard InChI is InChI=1S/C23H24FN3O/c1-3-4-5-6-7-14-26(2)17-23(28)18-8-13-22-19(15-18)16-25-27(22)21-11-9-20(24)10-12-21/h3-16,23,28H,17H2,1-2H3/b4-3-,6-5-,14-7+. The van der Waals surface area contributed by atoms with E-state index in [9.17, 15) is 9.50 Å². The van der Waals surface area contributed by atoms with E-state index in [0.717, 1.165) is 22.2 Å². The smallest absolute Gasteiger partial charge is 0.123 e. The molecule has 0 fully saturated rings. The molecule has 0 saturated heterocycles. The fourth-order valence-electron chi connectivity index (χ4n) is 2.92. The molecule has 4 nitrogen and oxygen atoms in total. The minimum absolute atomic E-state index is 0.277. The predicted octanol–water partition coefficient (Wildman–Crippen LogP) is 4.78. The van der Waals surface area contributed by atoms with Gasteiger partial charge in [0.05, 0.1) is 23.5 Å². The number of benzene rings is 2. The van der Waals surface area contributed by atoms with Crippen LogP contribution in [0.25, 0.3) is 16.6 Å². The molecule has 144 valence electrons. The Morgan fingerprint density at radius 3 is 2.61 bits per heavy atom. The Balaban J connectivity index is 1.72. The summed E-state index contributed by atoms with van der Waals surface area (Å²) in [5.41, 5.74) is 2.53. The number of allylic oxidation sites excluding steroid dienone is 5. The van der Waals surface area contributed by atoms with Crippen LogP contribution in [0.1, 0.15) is 18.6 Å². The minimum Gasteiger partial charge on any atom is -0.387 e. The molecule has 0 aliphatic rings. The van der Waals surface area contributed by atoms with Gasteiger partial charge in [-0.15, -0.1) is 0 Å². The van der Waals surface area contributed by atoms with E-state index in [2.05, 4.69) is 5.10 Å². The second-order valence-electron chi connectivity index (χ2n) is 6.56. The van der Waals surface area contributed by atoms with E-state index in [0.29, 0.717) is 6.54 Å². The molecule has 0 amide bonds. The molecule has 3 aromatic rings. The molecule has 0 bridgehead atoms. The average molecular weight is 377 g/mol. The zero-order valence-corrected chi connectivity index (χ0v) is 16.0. The first-order chi connectivity index (χ1) is 13.6. The summed E-state index contributed by atoms with van der Waals surface area (Å²) in [5.74, 6) is -0.277. The summed E-state index contributed by atoms with van der Waals surface area (Å²) in [6.45, 7) is 2.45. The van der Waals surface area contributed by atoms with Crippen LogP contribution in [0.15, 0.2) is 85.2 Å². The molecule has 2 aromatic carbocycles. The average Bonchev–Trinajstić information content (AvgIpc) is 3.11. The highest BCUT2D eigenvalue weighted by Crippen LogP contribution is 2.23. The zero-order chi connectivity index (χ0) is 19.9. The summed E-state index contributed by atoms with van der Waals surface area (Å²) in [5, 5.41) is 15.9. The molecular weight excluding hydrogens is 353 g/mol. The van der Waals surface area contributed by atoms with Gasteiger partial charge in [0, 0.05) is 19.0 Å². The Bertz CT molecular complexity index is 1000. The van der Waals surface area contributed by atoms with Gasteiger partial charge >= 0.3 is 0 Å². The molecule has 0 saturated carbocycles. The van der Waals surface area contributed by atoms with E-state index in [1.807, 2.05) is 73.7 Å². The zero-order valence-electron chi connectivity index (χ0n) is 16.0. The third-order valence-corrected chi connectivity index (χ3v) is 4.38. The van der Waals surface area contributed by atoms with Crippen molar-refractivity contribution in [2.75, 3.05) is 13.6 Å². The molecule has 0 radical (unpaired) electrons. The summed E-state index contributed by atoms with van der Waals surface area (Å²) in [6, 6.07) is 12.0. The van der Waals surface area contributed by atoms with E-state index < -0.39 is 6.10 Å². The van der Waals surface area contributed by atoms with Crippen LogP contribution in [0.3, 0.4) is 0 Å². The highest BCUT2D eigenvalue weighted by Gasteiger charge is 2.12. The van der Waals surface area contributed by atoms with Crippen molar-refractivity contribution in [1.29, 1.82) is 0 Å². The number of hydrogen-bond donors (Lipinski definition) is 1. The molecule has 1 heterocycles. The highest BCUT2D eigenvalue weighted by atomic mass is 19.1. The molecule has 1 aromatic heterocycles. The van der Waals surface area contributed by atoms with Crippen molar-refractivity contribution in [3.05, 3.63) is 96.6 Å². The van der Waals surface area contributed by atoms with E-state index in [1.165, 1.54) is 12.1 Å². The fourth-order valence-corrected chi connectivity index (χ4v) is 2.92. The van der Waals surface area contributed by atoms with Crippen LogP contribution >= 0.6 is 0 Å². The van der Waals surface area contributed by atoms with Crippen LogP contribution in [0.2, 0.25) is 0 Å². The molecule has 1 unspecified atom stereocenters.